The minimum atomic E-state index is 0.905. The molecule has 0 aliphatic carbocycles. The van der Waals surface area contributed by atoms with Crippen LogP contribution in [0.3, 0.4) is 0 Å². The first-order valence-electron chi connectivity index (χ1n) is 4.26. The summed E-state index contributed by atoms with van der Waals surface area (Å²) in [6, 6.07) is 0. The number of nitrogens with zero attached hydrogens (tertiary/aromatic N) is 8. The smallest absolute Gasteiger partial charge is 0.0377 e. The molecule has 0 aromatic rings. The number of rotatable bonds is 4. The summed E-state index contributed by atoms with van der Waals surface area (Å²) in [6.07, 6.45) is 3.51. The monoisotopic (exact) mass is 197 g/mol. The summed E-state index contributed by atoms with van der Waals surface area (Å²) in [4.78, 5) is 0. The van der Waals surface area contributed by atoms with E-state index in [-0.39, 0.29) is 0 Å². The lowest BCUT2D eigenvalue weighted by atomic mass is 10.2. The third kappa shape index (κ3) is 4.28. The van der Waals surface area contributed by atoms with Crippen LogP contribution in [-0.4, -0.2) is 18.1 Å². The quantitative estimate of drug-likeness (QED) is 0.541. The van der Waals surface area contributed by atoms with Gasteiger partial charge in [0, 0.05) is 13.1 Å². The number of hydrogen-bond acceptors (Lipinski definition) is 2. The Kier molecular flexibility index (Phi) is 4.91. The minimum Gasteiger partial charge on any atom is -0.277 e. The van der Waals surface area contributed by atoms with E-state index in [1.165, 1.54) is 6.42 Å². The molecule has 0 spiro atoms. The van der Waals surface area contributed by atoms with Crippen LogP contribution in [0.25, 0.3) is 0 Å². The van der Waals surface area contributed by atoms with Crippen LogP contribution in [0.15, 0.2) is 36.6 Å². The normalized spacial score (nSPS) is 18.7. The van der Waals surface area contributed by atoms with Crippen molar-refractivity contribution in [2.75, 3.05) is 13.1 Å². The van der Waals surface area contributed by atoms with E-state index in [1.54, 1.807) is 0 Å². The van der Waals surface area contributed by atoms with Crippen molar-refractivity contribution in [3.63, 3.8) is 0 Å². The molecule has 76 valence electrons. The van der Waals surface area contributed by atoms with Crippen molar-refractivity contribution >= 4 is 0 Å². The predicted octanol–water partition coefficient (Wildman–Crippen LogP) is 2.52. The minimum absolute atomic E-state index is 0.905. The van der Waals surface area contributed by atoms with Gasteiger partial charge in [0.1, 0.15) is 0 Å². The first-order chi connectivity index (χ1) is 6.93. The Morgan fingerprint density at radius 1 is 0.786 bits per heavy atom. The highest BCUT2D eigenvalue weighted by atomic mass is 15.7. The van der Waals surface area contributed by atoms with Crippen LogP contribution in [0.4, 0.5) is 0 Å². The van der Waals surface area contributed by atoms with Gasteiger partial charge in [0.25, 0.3) is 0 Å². The number of hydrogen-bond donors (Lipinski definition) is 1. The van der Waals surface area contributed by atoms with Gasteiger partial charge in [-0.05, 0) is 55.8 Å². The Labute approximate surface area is 80.4 Å². The van der Waals surface area contributed by atoms with Crippen molar-refractivity contribution in [3.8, 4) is 0 Å². The molecule has 1 aliphatic rings. The van der Waals surface area contributed by atoms with Gasteiger partial charge < -0.3 is 0 Å². The highest BCUT2D eigenvalue weighted by molar-refractivity contribution is 4.58. The molecule has 1 N–H and O–H groups in total. The van der Waals surface area contributed by atoms with Gasteiger partial charge in [-0.25, -0.2) is 0 Å². The van der Waals surface area contributed by atoms with E-state index in [0.717, 1.165) is 25.9 Å². The summed E-state index contributed by atoms with van der Waals surface area (Å²) in [5, 5.41) is 23.9. The zero-order valence-corrected chi connectivity index (χ0v) is 7.61. The van der Waals surface area contributed by atoms with Crippen LogP contribution in [-0.2, 0) is 0 Å². The molecule has 0 aromatic heterocycles. The van der Waals surface area contributed by atoms with E-state index in [9.17, 15) is 0 Å². The molecule has 1 rings (SSSR count). The van der Waals surface area contributed by atoms with Gasteiger partial charge in [-0.1, -0.05) is 0 Å². The van der Waals surface area contributed by atoms with Crippen LogP contribution in [0.5, 0.6) is 0 Å². The molecule has 0 amide bonds. The van der Waals surface area contributed by atoms with Gasteiger partial charge in [-0.3, -0.25) is 5.01 Å². The summed E-state index contributed by atoms with van der Waals surface area (Å²) in [6.45, 7) is 1.81. The van der Waals surface area contributed by atoms with Gasteiger partial charge >= 0.3 is 0 Å². The fourth-order valence-corrected chi connectivity index (χ4v) is 1.11. The van der Waals surface area contributed by atoms with Crippen molar-refractivity contribution in [1.82, 2.24) is 5.01 Å². The molecule has 9 nitrogen and oxygen atoms in total. The lowest BCUT2D eigenvalue weighted by Crippen LogP contribution is -2.23. The molecule has 0 unspecified atom stereocenters. The summed E-state index contributed by atoms with van der Waals surface area (Å²) in [5.74, 6) is 0. The number of nitrogens with one attached hydrogen (secondary N) is 1. The maximum Gasteiger partial charge on any atom is 0.0377 e. The summed E-state index contributed by atoms with van der Waals surface area (Å²) in [7, 11) is 0. The van der Waals surface area contributed by atoms with Crippen LogP contribution in [0.1, 0.15) is 19.3 Å². The van der Waals surface area contributed by atoms with Crippen LogP contribution in [0.2, 0.25) is 0 Å². The molecule has 9 heteroatoms. The topological polar surface area (TPSA) is 114 Å². The molecule has 1 saturated heterocycles. The molecular weight excluding hydrogens is 186 g/mol. The zero-order valence-electron chi connectivity index (χ0n) is 7.61. The molecule has 1 heterocycles. The van der Waals surface area contributed by atoms with Gasteiger partial charge in [-0.15, -0.1) is 0 Å². The van der Waals surface area contributed by atoms with E-state index in [1.807, 2.05) is 5.01 Å². The average molecular weight is 197 g/mol. The van der Waals surface area contributed by atoms with E-state index in [0.29, 0.717) is 0 Å². The molecule has 0 atom stereocenters. The Morgan fingerprint density at radius 3 is 2.14 bits per heavy atom. The third-order valence-corrected chi connectivity index (χ3v) is 1.70. The Hall–Kier alpha value is -1.80. The van der Waals surface area contributed by atoms with E-state index in [4.69, 9.17) is 5.53 Å². The summed E-state index contributed by atoms with van der Waals surface area (Å²) >= 11 is 0. The third-order valence-electron chi connectivity index (χ3n) is 1.70. The average Bonchev–Trinajstić information content (AvgIpc) is 2.25. The maximum atomic E-state index is 6.24. The highest BCUT2D eigenvalue weighted by Gasteiger charge is 2.06. The van der Waals surface area contributed by atoms with Crippen molar-refractivity contribution < 1.29 is 0 Å². The molecule has 1 fully saturated rings. The lowest BCUT2D eigenvalue weighted by Gasteiger charge is -2.20. The molecule has 0 bridgehead atoms. The second-order valence-corrected chi connectivity index (χ2v) is 2.65. The Balaban J connectivity index is 2.21. The van der Waals surface area contributed by atoms with Crippen LogP contribution < -0.4 is 0 Å². The van der Waals surface area contributed by atoms with Gasteiger partial charge in [0.15, 0.2) is 0 Å². The first-order valence-corrected chi connectivity index (χ1v) is 4.26. The van der Waals surface area contributed by atoms with Crippen LogP contribution in [0, 0.1) is 5.53 Å². The fraction of sp³-hybridized carbons (Fsp3) is 1.00. The second kappa shape index (κ2) is 6.69. The van der Waals surface area contributed by atoms with Crippen molar-refractivity contribution in [2.45, 2.75) is 19.3 Å². The molecule has 1 aliphatic heterocycles. The predicted molar refractivity (Wildman–Crippen MR) is 45.1 cm³/mol. The van der Waals surface area contributed by atoms with E-state index < -0.39 is 0 Å². The van der Waals surface area contributed by atoms with Crippen molar-refractivity contribution in [2.24, 2.45) is 36.6 Å². The van der Waals surface area contributed by atoms with E-state index >= 15 is 0 Å². The summed E-state index contributed by atoms with van der Waals surface area (Å²) in [5.41, 5.74) is 6.24. The fourth-order valence-electron chi connectivity index (χ4n) is 1.11. The molecule has 0 aromatic carbocycles. The zero-order chi connectivity index (χ0) is 10.1. The van der Waals surface area contributed by atoms with Crippen molar-refractivity contribution in [3.05, 3.63) is 0 Å². The number of piperidine rings is 1. The second-order valence-electron chi connectivity index (χ2n) is 2.65. The molecular formula is C5H11N9. The highest BCUT2D eigenvalue weighted by Crippen LogP contribution is 2.08. The Morgan fingerprint density at radius 2 is 1.43 bits per heavy atom. The van der Waals surface area contributed by atoms with Gasteiger partial charge in [0.2, 0.25) is 0 Å². The first kappa shape index (κ1) is 10.3. The van der Waals surface area contributed by atoms with Gasteiger partial charge in [-0.2, -0.15) is 5.53 Å². The molecule has 14 heavy (non-hydrogen) atoms. The SMILES string of the molecule is N=NN=NN=NN=NN1CCCCC1. The summed E-state index contributed by atoms with van der Waals surface area (Å²) < 4.78 is 0. The molecule has 0 radical (unpaired) electrons. The maximum absolute atomic E-state index is 6.24. The van der Waals surface area contributed by atoms with Gasteiger partial charge in [0.05, 0.1) is 0 Å². The Bertz CT molecular complexity index is 238. The molecule has 0 saturated carbocycles. The standard InChI is InChI=1S/C5H11N9/c6-7-8-9-10-11-12-13-14-4-2-1-3-5-14/h6H,1-5H2. The van der Waals surface area contributed by atoms with Crippen LogP contribution >= 0.6 is 0 Å². The van der Waals surface area contributed by atoms with Crippen molar-refractivity contribution in [1.29, 1.82) is 5.53 Å². The largest absolute Gasteiger partial charge is 0.277 e. The lowest BCUT2D eigenvalue weighted by molar-refractivity contribution is 0.220. The van der Waals surface area contributed by atoms with E-state index in [2.05, 4.69) is 36.6 Å².